The maximum absolute atomic E-state index is 13.8. The van der Waals surface area contributed by atoms with Crippen molar-refractivity contribution in [3.05, 3.63) is 111 Å². The Morgan fingerprint density at radius 2 is 1.62 bits per heavy atom. The predicted molar refractivity (Wildman–Crippen MR) is 223 cm³/mol. The lowest BCUT2D eigenvalue weighted by molar-refractivity contribution is 0.0904. The molecule has 12 heteroatoms. The molecule has 56 heavy (non-hydrogen) atoms. The number of carbonyl (C=O) groups excluding carboxylic acids is 2. The van der Waals surface area contributed by atoms with Crippen LogP contribution >= 0.6 is 11.6 Å². The van der Waals surface area contributed by atoms with E-state index in [-0.39, 0.29) is 24.4 Å². The van der Waals surface area contributed by atoms with Crippen molar-refractivity contribution >= 4 is 40.1 Å². The number of pyridine rings is 1. The van der Waals surface area contributed by atoms with Crippen LogP contribution in [-0.2, 0) is 37.3 Å². The van der Waals surface area contributed by atoms with E-state index in [4.69, 9.17) is 21.3 Å². The van der Waals surface area contributed by atoms with E-state index in [1.54, 1.807) is 12.1 Å². The lowest BCUT2D eigenvalue weighted by atomic mass is 10.0. The highest BCUT2D eigenvalue weighted by molar-refractivity contribution is 6.33. The minimum atomic E-state index is -0.261. The van der Waals surface area contributed by atoms with Gasteiger partial charge in [-0.25, -0.2) is 9.67 Å². The number of carbonyl (C=O) groups is 2. The minimum Gasteiger partial charge on any atom is -0.381 e. The van der Waals surface area contributed by atoms with Crippen LogP contribution in [0.4, 0.5) is 5.69 Å². The molecule has 3 aromatic carbocycles. The Balaban J connectivity index is 1.03. The summed E-state index contributed by atoms with van der Waals surface area (Å²) < 4.78 is 7.52. The summed E-state index contributed by atoms with van der Waals surface area (Å²) >= 11 is 6.72. The average Bonchev–Trinajstić information content (AvgIpc) is 3.63. The molecule has 2 aromatic heterocycles. The van der Waals surface area contributed by atoms with Crippen molar-refractivity contribution in [2.45, 2.75) is 72.3 Å². The number of aromatic nitrogens is 3. The van der Waals surface area contributed by atoms with Gasteiger partial charge >= 0.3 is 0 Å². The monoisotopic (exact) mass is 776 g/mol. The Morgan fingerprint density at radius 3 is 2.34 bits per heavy atom. The molecule has 3 N–H and O–H groups in total. The number of piperazine rings is 1. The first kappa shape index (κ1) is 39.4. The molecule has 7 rings (SSSR count). The Bertz CT molecular complexity index is 2190. The average molecular weight is 777 g/mol. The molecule has 11 nitrogen and oxygen atoms in total. The van der Waals surface area contributed by atoms with Crippen molar-refractivity contribution < 1.29 is 14.3 Å². The highest BCUT2D eigenvalue weighted by Gasteiger charge is 2.23. The number of anilines is 1. The molecule has 0 atom stereocenters. The highest BCUT2D eigenvalue weighted by atomic mass is 35.5. The summed E-state index contributed by atoms with van der Waals surface area (Å²) in [7, 11) is 2.17. The van der Waals surface area contributed by atoms with Gasteiger partial charge in [-0.15, -0.1) is 0 Å². The smallest absolute Gasteiger partial charge is 0.251 e. The zero-order chi connectivity index (χ0) is 39.2. The molecule has 0 aliphatic carbocycles. The van der Waals surface area contributed by atoms with E-state index in [2.05, 4.69) is 76.0 Å². The minimum absolute atomic E-state index is 0.249. The molecule has 2 amide bonds. The van der Waals surface area contributed by atoms with E-state index in [0.29, 0.717) is 48.9 Å². The number of rotatable bonds is 13. The maximum atomic E-state index is 13.8. The zero-order valence-electron chi connectivity index (χ0n) is 33.0. The van der Waals surface area contributed by atoms with E-state index < -0.39 is 0 Å². The molecule has 0 spiro atoms. The van der Waals surface area contributed by atoms with Crippen LogP contribution in [0, 0.1) is 6.92 Å². The largest absolute Gasteiger partial charge is 0.381 e. The Kier molecular flexibility index (Phi) is 12.7. The van der Waals surface area contributed by atoms with Gasteiger partial charge in [0.15, 0.2) is 5.65 Å². The van der Waals surface area contributed by atoms with E-state index in [9.17, 15) is 9.59 Å². The molecular weight excluding hydrogens is 724 g/mol. The standard InChI is InChI=1S/C44H53ClN8O3/c1-5-40-37(41(49-35-12-18-56-19-13-35)38-27-48-53(6-2)42(38)50-40)26-47-44(55)34-21-29(3)20-33(24-34)43(54)46-25-30-10-11-39(45)36(23-30)32-9-7-8-31(22-32)28-52-16-14-51(4)15-17-52/h7-11,20-24,27,35H,5-6,12-19,25-26,28H2,1-4H3,(H,46,54)(H,47,55)(H,49,50). The van der Waals surface area contributed by atoms with Crippen LogP contribution in [0.25, 0.3) is 22.2 Å². The van der Waals surface area contributed by atoms with Crippen LogP contribution in [-0.4, -0.2) is 88.9 Å². The van der Waals surface area contributed by atoms with Crippen LogP contribution in [0.1, 0.15) is 75.4 Å². The fourth-order valence-electron chi connectivity index (χ4n) is 7.71. The van der Waals surface area contributed by atoms with Crippen molar-refractivity contribution in [3.63, 3.8) is 0 Å². The van der Waals surface area contributed by atoms with Crippen LogP contribution in [0.2, 0.25) is 5.02 Å². The number of amides is 2. The highest BCUT2D eigenvalue weighted by Crippen LogP contribution is 2.32. The molecule has 0 bridgehead atoms. The summed E-state index contributed by atoms with van der Waals surface area (Å²) in [6.07, 6.45) is 4.36. The van der Waals surface area contributed by atoms with E-state index >= 15 is 0 Å². The van der Waals surface area contributed by atoms with Gasteiger partial charge in [0.1, 0.15) is 0 Å². The van der Waals surface area contributed by atoms with Gasteiger partial charge in [0.2, 0.25) is 0 Å². The third-order valence-corrected chi connectivity index (χ3v) is 11.3. The van der Waals surface area contributed by atoms with E-state index in [1.807, 2.05) is 42.1 Å². The summed E-state index contributed by atoms with van der Waals surface area (Å²) in [5, 5.41) is 16.2. The number of ether oxygens (including phenoxy) is 1. The summed E-state index contributed by atoms with van der Waals surface area (Å²) in [6, 6.07) is 19.9. The maximum Gasteiger partial charge on any atom is 0.251 e. The number of hydrogen-bond acceptors (Lipinski definition) is 8. The van der Waals surface area contributed by atoms with Gasteiger partial charge in [0.25, 0.3) is 11.8 Å². The first-order valence-corrected chi connectivity index (χ1v) is 20.2. The number of halogens is 1. The quantitative estimate of drug-likeness (QED) is 0.119. The second kappa shape index (κ2) is 18.0. The Morgan fingerprint density at radius 1 is 0.893 bits per heavy atom. The van der Waals surface area contributed by atoms with Crippen LogP contribution in [0.15, 0.2) is 66.9 Å². The second-order valence-corrected chi connectivity index (χ2v) is 15.4. The van der Waals surface area contributed by atoms with Crippen molar-refractivity contribution in [2.24, 2.45) is 0 Å². The SMILES string of the molecule is CCc1nc2c(cnn2CC)c(NC2CCOCC2)c1CNC(=O)c1cc(C)cc(C(=O)NCc2ccc(Cl)c(-c3cccc(CN4CCN(C)CC4)c3)c2)c1. The molecule has 5 aromatic rings. The molecule has 2 aliphatic heterocycles. The van der Waals surface area contributed by atoms with Crippen molar-refractivity contribution in [2.75, 3.05) is 51.8 Å². The van der Waals surface area contributed by atoms with Crippen LogP contribution in [0.3, 0.4) is 0 Å². The number of aryl methyl sites for hydroxylation is 3. The molecule has 2 fully saturated rings. The number of hydrogen-bond donors (Lipinski definition) is 3. The predicted octanol–water partition coefficient (Wildman–Crippen LogP) is 6.84. The zero-order valence-corrected chi connectivity index (χ0v) is 33.7. The van der Waals surface area contributed by atoms with Gasteiger partial charge in [-0.2, -0.15) is 5.10 Å². The van der Waals surface area contributed by atoms with Gasteiger partial charge in [-0.3, -0.25) is 14.5 Å². The van der Waals surface area contributed by atoms with Crippen molar-refractivity contribution in [3.8, 4) is 11.1 Å². The molecule has 294 valence electrons. The van der Waals surface area contributed by atoms with Crippen LogP contribution < -0.4 is 16.0 Å². The first-order valence-electron chi connectivity index (χ1n) is 19.9. The summed E-state index contributed by atoms with van der Waals surface area (Å²) in [6.45, 7) is 13.9. The van der Waals surface area contributed by atoms with Gasteiger partial charge in [-0.05, 0) is 98.8 Å². The molecule has 0 saturated carbocycles. The molecule has 0 unspecified atom stereocenters. The van der Waals surface area contributed by atoms with Crippen molar-refractivity contribution in [1.29, 1.82) is 0 Å². The number of nitrogens with one attached hydrogen (secondary N) is 3. The molecular formula is C44H53ClN8O3. The lowest BCUT2D eigenvalue weighted by Crippen LogP contribution is -2.43. The Hall–Kier alpha value is -4.81. The summed E-state index contributed by atoms with van der Waals surface area (Å²) in [5.74, 6) is -0.518. The van der Waals surface area contributed by atoms with E-state index in [1.165, 1.54) is 5.56 Å². The molecule has 2 saturated heterocycles. The van der Waals surface area contributed by atoms with Crippen LogP contribution in [0.5, 0.6) is 0 Å². The van der Waals surface area contributed by atoms with E-state index in [0.717, 1.165) is 95.8 Å². The summed E-state index contributed by atoms with van der Waals surface area (Å²) in [5.41, 5.74) is 9.49. The Labute approximate surface area is 334 Å². The fraction of sp³-hybridized carbons (Fsp3) is 0.409. The van der Waals surface area contributed by atoms with Gasteiger partial charge in [0, 0.05) is 105 Å². The lowest BCUT2D eigenvalue weighted by Gasteiger charge is -2.32. The second-order valence-electron chi connectivity index (χ2n) is 15.0. The third-order valence-electron chi connectivity index (χ3n) is 10.9. The number of benzene rings is 3. The van der Waals surface area contributed by atoms with Crippen molar-refractivity contribution in [1.82, 2.24) is 35.2 Å². The third kappa shape index (κ3) is 9.24. The normalized spacial score (nSPS) is 15.6. The number of nitrogens with zero attached hydrogens (tertiary/aromatic N) is 5. The molecule has 4 heterocycles. The molecule has 0 radical (unpaired) electrons. The van der Waals surface area contributed by atoms with Gasteiger partial charge in [-0.1, -0.05) is 42.8 Å². The topological polar surface area (TPSA) is 117 Å². The summed E-state index contributed by atoms with van der Waals surface area (Å²) in [4.78, 5) is 37.2. The van der Waals surface area contributed by atoms with Gasteiger partial charge in [0.05, 0.1) is 17.3 Å². The van der Waals surface area contributed by atoms with Gasteiger partial charge < -0.3 is 25.6 Å². The first-order chi connectivity index (χ1) is 27.2. The number of likely N-dealkylation sites (N-methyl/N-ethyl adjacent to an activating group) is 1. The number of fused-ring (bicyclic) bond motifs is 1. The molecule has 2 aliphatic rings. The fourth-order valence-corrected chi connectivity index (χ4v) is 7.93.